The Bertz CT molecular complexity index is 664. The molecule has 1 saturated heterocycles. The van der Waals surface area contributed by atoms with Crippen LogP contribution in [0.5, 0.6) is 0 Å². The van der Waals surface area contributed by atoms with Crippen molar-refractivity contribution < 1.29 is 4.79 Å². The van der Waals surface area contributed by atoms with Crippen LogP contribution >= 0.6 is 0 Å². The van der Waals surface area contributed by atoms with Gasteiger partial charge < -0.3 is 5.32 Å². The van der Waals surface area contributed by atoms with E-state index in [1.807, 2.05) is 19.2 Å². The molecule has 4 nitrogen and oxygen atoms in total. The van der Waals surface area contributed by atoms with E-state index in [1.165, 1.54) is 5.56 Å². The molecule has 0 radical (unpaired) electrons. The zero-order valence-corrected chi connectivity index (χ0v) is 14.2. The molecule has 2 aromatic rings. The van der Waals surface area contributed by atoms with Crippen LogP contribution in [0.1, 0.15) is 35.4 Å². The van der Waals surface area contributed by atoms with Crippen molar-refractivity contribution in [3.05, 3.63) is 65.5 Å². The summed E-state index contributed by atoms with van der Waals surface area (Å²) >= 11 is 0. The van der Waals surface area contributed by atoms with Crippen LogP contribution in [0.4, 0.5) is 0 Å². The van der Waals surface area contributed by atoms with Gasteiger partial charge in [0.1, 0.15) is 0 Å². The molecule has 1 amide bonds. The number of aromatic nitrogens is 1. The van der Waals surface area contributed by atoms with Crippen LogP contribution in [0, 0.1) is 6.92 Å². The Kier molecular flexibility index (Phi) is 5.59. The van der Waals surface area contributed by atoms with Crippen LogP contribution in [0.25, 0.3) is 0 Å². The van der Waals surface area contributed by atoms with Crippen molar-refractivity contribution in [2.24, 2.45) is 0 Å². The van der Waals surface area contributed by atoms with Gasteiger partial charge in [-0.3, -0.25) is 14.7 Å². The highest BCUT2D eigenvalue weighted by atomic mass is 16.2. The summed E-state index contributed by atoms with van der Waals surface area (Å²) in [5, 5.41) is 3.02. The number of carbonyl (C=O) groups excluding carboxylic acids is 1. The number of pyridine rings is 1. The molecule has 0 aliphatic carbocycles. The van der Waals surface area contributed by atoms with Crippen molar-refractivity contribution in [1.82, 2.24) is 15.2 Å². The van der Waals surface area contributed by atoms with E-state index in [-0.39, 0.29) is 5.91 Å². The number of hydrogen-bond donors (Lipinski definition) is 1. The van der Waals surface area contributed by atoms with E-state index >= 15 is 0 Å². The maximum Gasteiger partial charge on any atom is 0.234 e. The average Bonchev–Trinajstić information content (AvgIpc) is 2.62. The number of likely N-dealkylation sites (tertiary alicyclic amines) is 1. The minimum atomic E-state index is 0.101. The third-order valence-electron chi connectivity index (χ3n) is 4.84. The Morgan fingerprint density at radius 3 is 2.67 bits per heavy atom. The number of aryl methyl sites for hydroxylation is 1. The normalized spacial score (nSPS) is 16.0. The van der Waals surface area contributed by atoms with Crippen molar-refractivity contribution >= 4 is 5.91 Å². The molecule has 1 aromatic carbocycles. The Morgan fingerprint density at radius 2 is 1.96 bits per heavy atom. The van der Waals surface area contributed by atoms with Crippen LogP contribution in [-0.4, -0.2) is 35.4 Å². The quantitative estimate of drug-likeness (QED) is 0.920. The van der Waals surface area contributed by atoms with Gasteiger partial charge in [0, 0.05) is 18.9 Å². The van der Waals surface area contributed by atoms with E-state index in [4.69, 9.17) is 0 Å². The molecule has 0 spiro atoms. The Hall–Kier alpha value is -2.20. The predicted octanol–water partition coefficient (Wildman–Crippen LogP) is 2.89. The first-order valence-corrected chi connectivity index (χ1v) is 8.66. The van der Waals surface area contributed by atoms with Crippen LogP contribution in [-0.2, 0) is 11.3 Å². The fourth-order valence-corrected chi connectivity index (χ4v) is 3.30. The first-order valence-electron chi connectivity index (χ1n) is 8.66. The van der Waals surface area contributed by atoms with Gasteiger partial charge in [-0.2, -0.15) is 0 Å². The third kappa shape index (κ3) is 4.42. The molecule has 0 atom stereocenters. The molecular weight excluding hydrogens is 298 g/mol. The van der Waals surface area contributed by atoms with Crippen LogP contribution < -0.4 is 5.32 Å². The number of benzene rings is 1. The lowest BCUT2D eigenvalue weighted by atomic mass is 9.89. The molecule has 2 heterocycles. The number of hydrogen-bond acceptors (Lipinski definition) is 3. The van der Waals surface area contributed by atoms with Gasteiger partial charge in [0.15, 0.2) is 0 Å². The van der Waals surface area contributed by atoms with E-state index in [2.05, 4.69) is 45.5 Å². The molecule has 24 heavy (non-hydrogen) atoms. The lowest BCUT2D eigenvalue weighted by Crippen LogP contribution is -2.41. The summed E-state index contributed by atoms with van der Waals surface area (Å²) in [4.78, 5) is 18.5. The zero-order valence-electron chi connectivity index (χ0n) is 14.2. The monoisotopic (exact) mass is 323 g/mol. The third-order valence-corrected chi connectivity index (χ3v) is 4.84. The van der Waals surface area contributed by atoms with Gasteiger partial charge in [-0.05, 0) is 61.5 Å². The van der Waals surface area contributed by atoms with Gasteiger partial charge in [-0.25, -0.2) is 0 Å². The maximum absolute atomic E-state index is 12.2. The number of piperidine rings is 1. The maximum atomic E-state index is 12.2. The fraction of sp³-hybridized carbons (Fsp3) is 0.400. The Balaban J connectivity index is 1.43. The van der Waals surface area contributed by atoms with E-state index in [0.717, 1.165) is 37.1 Å². The van der Waals surface area contributed by atoms with Crippen LogP contribution in [0.15, 0.2) is 48.8 Å². The second kappa shape index (κ2) is 8.06. The SMILES string of the molecule is Cc1cnccc1CNC(=O)CN1CCC(c2ccccc2)CC1. The largest absolute Gasteiger partial charge is 0.351 e. The summed E-state index contributed by atoms with van der Waals surface area (Å²) in [5.74, 6) is 0.731. The molecule has 126 valence electrons. The number of nitrogens with zero attached hydrogens (tertiary/aromatic N) is 2. The molecule has 3 rings (SSSR count). The smallest absolute Gasteiger partial charge is 0.234 e. The second-order valence-corrected chi connectivity index (χ2v) is 6.54. The molecule has 1 aliphatic rings. The molecule has 1 N–H and O–H groups in total. The number of amides is 1. The molecule has 4 heteroatoms. The van der Waals surface area contributed by atoms with Gasteiger partial charge in [-0.1, -0.05) is 30.3 Å². The minimum absolute atomic E-state index is 0.101. The Morgan fingerprint density at radius 1 is 1.21 bits per heavy atom. The highest BCUT2D eigenvalue weighted by Crippen LogP contribution is 2.27. The van der Waals surface area contributed by atoms with Crippen molar-refractivity contribution in [2.75, 3.05) is 19.6 Å². The summed E-state index contributed by atoms with van der Waals surface area (Å²) in [7, 11) is 0. The highest BCUT2D eigenvalue weighted by Gasteiger charge is 2.21. The van der Waals surface area contributed by atoms with Crippen molar-refractivity contribution in [2.45, 2.75) is 32.2 Å². The van der Waals surface area contributed by atoms with Crippen LogP contribution in [0.2, 0.25) is 0 Å². The molecule has 1 aliphatic heterocycles. The zero-order chi connectivity index (χ0) is 16.8. The topological polar surface area (TPSA) is 45.2 Å². The van der Waals surface area contributed by atoms with E-state index in [0.29, 0.717) is 19.0 Å². The van der Waals surface area contributed by atoms with E-state index < -0.39 is 0 Å². The lowest BCUT2D eigenvalue weighted by molar-refractivity contribution is -0.122. The Labute approximate surface area is 143 Å². The predicted molar refractivity (Wildman–Crippen MR) is 95.7 cm³/mol. The first-order chi connectivity index (χ1) is 11.7. The van der Waals surface area contributed by atoms with Crippen molar-refractivity contribution in [3.8, 4) is 0 Å². The molecule has 0 bridgehead atoms. The standard InChI is InChI=1S/C20H25N3O/c1-16-13-21-10-7-19(16)14-22-20(24)15-23-11-8-18(9-12-23)17-5-3-2-4-6-17/h2-7,10,13,18H,8-9,11-12,14-15H2,1H3,(H,22,24). The second-order valence-electron chi connectivity index (χ2n) is 6.54. The van der Waals surface area contributed by atoms with Crippen molar-refractivity contribution in [1.29, 1.82) is 0 Å². The molecule has 1 fully saturated rings. The summed E-state index contributed by atoms with van der Waals surface area (Å²) < 4.78 is 0. The van der Waals surface area contributed by atoms with E-state index in [1.54, 1.807) is 6.20 Å². The van der Waals surface area contributed by atoms with Gasteiger partial charge in [-0.15, -0.1) is 0 Å². The molecule has 0 saturated carbocycles. The fourth-order valence-electron chi connectivity index (χ4n) is 3.30. The van der Waals surface area contributed by atoms with Gasteiger partial charge in [0.05, 0.1) is 6.54 Å². The van der Waals surface area contributed by atoms with Gasteiger partial charge in [0.2, 0.25) is 5.91 Å². The number of rotatable bonds is 5. The first kappa shape index (κ1) is 16.7. The lowest BCUT2D eigenvalue weighted by Gasteiger charge is -2.31. The number of carbonyl (C=O) groups is 1. The summed E-state index contributed by atoms with van der Waals surface area (Å²) in [6, 6.07) is 12.7. The highest BCUT2D eigenvalue weighted by molar-refractivity contribution is 5.78. The van der Waals surface area contributed by atoms with Gasteiger partial charge in [0.25, 0.3) is 0 Å². The summed E-state index contributed by atoms with van der Waals surface area (Å²) in [6.07, 6.45) is 5.85. The average molecular weight is 323 g/mol. The molecule has 0 unspecified atom stereocenters. The summed E-state index contributed by atoms with van der Waals surface area (Å²) in [5.41, 5.74) is 3.66. The minimum Gasteiger partial charge on any atom is -0.351 e. The van der Waals surface area contributed by atoms with E-state index in [9.17, 15) is 4.79 Å². The number of nitrogens with one attached hydrogen (secondary N) is 1. The van der Waals surface area contributed by atoms with Crippen LogP contribution in [0.3, 0.4) is 0 Å². The molecular formula is C20H25N3O. The molecule has 1 aromatic heterocycles. The van der Waals surface area contributed by atoms with Gasteiger partial charge >= 0.3 is 0 Å². The van der Waals surface area contributed by atoms with Crippen molar-refractivity contribution in [3.63, 3.8) is 0 Å². The summed E-state index contributed by atoms with van der Waals surface area (Å²) in [6.45, 7) is 5.06.